The number of primary amides is 1. The van der Waals surface area contributed by atoms with Gasteiger partial charge in [0.1, 0.15) is 5.54 Å². The molecule has 0 radical (unpaired) electrons. The van der Waals surface area contributed by atoms with Crippen LogP contribution in [0.1, 0.15) is 5.56 Å². The van der Waals surface area contributed by atoms with Crippen molar-refractivity contribution < 1.29 is 4.79 Å². The quantitative estimate of drug-likeness (QED) is 0.819. The molecular weight excluding hydrogens is 327 g/mol. The van der Waals surface area contributed by atoms with Gasteiger partial charge in [-0.1, -0.05) is 53.5 Å². The van der Waals surface area contributed by atoms with Crippen molar-refractivity contribution in [3.8, 4) is 0 Å². The van der Waals surface area contributed by atoms with E-state index in [9.17, 15) is 4.79 Å². The van der Waals surface area contributed by atoms with Crippen molar-refractivity contribution in [2.75, 3.05) is 5.75 Å². The van der Waals surface area contributed by atoms with Crippen molar-refractivity contribution in [2.24, 2.45) is 11.5 Å². The Bertz CT molecular complexity index is 651. The lowest BCUT2D eigenvalue weighted by atomic mass is 9.92. The van der Waals surface area contributed by atoms with Crippen LogP contribution in [0.25, 0.3) is 0 Å². The summed E-state index contributed by atoms with van der Waals surface area (Å²) in [5, 5.41) is 1.13. The van der Waals surface area contributed by atoms with Crippen LogP contribution >= 0.6 is 35.0 Å². The molecule has 2 aromatic rings. The second-order valence-electron chi connectivity index (χ2n) is 4.57. The Morgan fingerprint density at radius 3 is 2.43 bits per heavy atom. The molecular formula is C15H14Cl2N2OS. The second-order valence-corrected chi connectivity index (χ2v) is 6.43. The molecule has 0 bridgehead atoms. The van der Waals surface area contributed by atoms with E-state index in [0.717, 1.165) is 4.90 Å². The third-order valence-electron chi connectivity index (χ3n) is 3.08. The summed E-state index contributed by atoms with van der Waals surface area (Å²) in [4.78, 5) is 12.6. The molecule has 4 N–H and O–H groups in total. The number of hydrogen-bond donors (Lipinski definition) is 2. The topological polar surface area (TPSA) is 69.1 Å². The Hall–Kier alpha value is -1.20. The number of rotatable bonds is 5. The molecule has 2 aromatic carbocycles. The number of benzene rings is 2. The summed E-state index contributed by atoms with van der Waals surface area (Å²) in [6.07, 6.45) is 0. The number of hydrogen-bond acceptors (Lipinski definition) is 3. The largest absolute Gasteiger partial charge is 0.368 e. The van der Waals surface area contributed by atoms with Crippen molar-refractivity contribution in [3.63, 3.8) is 0 Å². The smallest absolute Gasteiger partial charge is 0.243 e. The average Bonchev–Trinajstić information content (AvgIpc) is 2.48. The highest BCUT2D eigenvalue weighted by atomic mass is 35.5. The summed E-state index contributed by atoms with van der Waals surface area (Å²) in [5.74, 6) is -0.314. The zero-order valence-corrected chi connectivity index (χ0v) is 13.4. The third kappa shape index (κ3) is 3.71. The lowest BCUT2D eigenvalue weighted by Crippen LogP contribution is -2.51. The average molecular weight is 341 g/mol. The molecule has 2 rings (SSSR count). The van der Waals surface area contributed by atoms with E-state index < -0.39 is 11.4 Å². The first-order valence-corrected chi connectivity index (χ1v) is 7.90. The molecule has 3 nitrogen and oxygen atoms in total. The first kappa shape index (κ1) is 16.2. The molecule has 1 atom stereocenters. The van der Waals surface area contributed by atoms with Gasteiger partial charge in [-0.05, 0) is 23.8 Å². The number of halogens is 2. The van der Waals surface area contributed by atoms with E-state index in [1.54, 1.807) is 30.3 Å². The van der Waals surface area contributed by atoms with Gasteiger partial charge in [-0.15, -0.1) is 11.8 Å². The maximum absolute atomic E-state index is 11.8. The van der Waals surface area contributed by atoms with Gasteiger partial charge in [-0.3, -0.25) is 4.79 Å². The van der Waals surface area contributed by atoms with E-state index in [4.69, 9.17) is 34.7 Å². The lowest BCUT2D eigenvalue weighted by Gasteiger charge is -2.26. The molecule has 1 unspecified atom stereocenters. The van der Waals surface area contributed by atoms with Gasteiger partial charge in [0.2, 0.25) is 5.91 Å². The molecule has 0 heterocycles. The first-order chi connectivity index (χ1) is 9.93. The Morgan fingerprint density at radius 2 is 1.81 bits per heavy atom. The fraction of sp³-hybridized carbons (Fsp3) is 0.133. The monoisotopic (exact) mass is 340 g/mol. The molecule has 0 aliphatic carbocycles. The molecule has 21 heavy (non-hydrogen) atoms. The Kier molecular flexibility index (Phi) is 5.17. The Labute approximate surface area is 137 Å². The van der Waals surface area contributed by atoms with Gasteiger partial charge in [0, 0.05) is 15.7 Å². The zero-order valence-electron chi connectivity index (χ0n) is 11.1. The molecule has 0 saturated heterocycles. The van der Waals surface area contributed by atoms with Crippen LogP contribution in [-0.2, 0) is 10.3 Å². The summed E-state index contributed by atoms with van der Waals surface area (Å²) >= 11 is 13.4. The van der Waals surface area contributed by atoms with Crippen molar-refractivity contribution in [3.05, 3.63) is 64.1 Å². The first-order valence-electron chi connectivity index (χ1n) is 6.15. The SMILES string of the molecule is NC(=O)C(N)(CSc1cc(Cl)ccc1Cl)c1ccccc1. The number of carbonyl (C=O) groups is 1. The molecule has 0 aliphatic rings. The van der Waals surface area contributed by atoms with Gasteiger partial charge in [0.25, 0.3) is 0 Å². The molecule has 0 saturated carbocycles. The zero-order chi connectivity index (χ0) is 15.5. The van der Waals surface area contributed by atoms with Gasteiger partial charge in [0.05, 0.1) is 5.02 Å². The van der Waals surface area contributed by atoms with Crippen molar-refractivity contribution in [1.82, 2.24) is 0 Å². The van der Waals surface area contributed by atoms with Crippen LogP contribution in [0.5, 0.6) is 0 Å². The van der Waals surface area contributed by atoms with Gasteiger partial charge in [0.15, 0.2) is 0 Å². The summed E-state index contributed by atoms with van der Waals surface area (Å²) < 4.78 is 0. The summed E-state index contributed by atoms with van der Waals surface area (Å²) in [7, 11) is 0. The molecule has 1 amide bonds. The van der Waals surface area contributed by atoms with Crippen molar-refractivity contribution in [1.29, 1.82) is 0 Å². The lowest BCUT2D eigenvalue weighted by molar-refractivity contribution is -0.122. The van der Waals surface area contributed by atoms with Crippen LogP contribution in [0.15, 0.2) is 53.4 Å². The van der Waals surface area contributed by atoms with Crippen LogP contribution in [0.2, 0.25) is 10.0 Å². The summed E-state index contributed by atoms with van der Waals surface area (Å²) in [6, 6.07) is 14.2. The molecule has 0 fully saturated rings. The normalized spacial score (nSPS) is 13.7. The minimum atomic E-state index is -1.27. The van der Waals surface area contributed by atoms with Crippen LogP contribution in [0.4, 0.5) is 0 Å². The standard InChI is InChI=1S/C15H14Cl2N2OS/c16-11-6-7-12(17)13(8-11)21-9-15(19,14(18)20)10-4-2-1-3-5-10/h1-8H,9,19H2,(H2,18,20). The van der Waals surface area contributed by atoms with Crippen molar-refractivity contribution >= 4 is 40.9 Å². The summed E-state index contributed by atoms with van der Waals surface area (Å²) in [6.45, 7) is 0. The van der Waals surface area contributed by atoms with E-state index >= 15 is 0 Å². The van der Waals surface area contributed by atoms with Crippen LogP contribution in [0.3, 0.4) is 0 Å². The van der Waals surface area contributed by atoms with Crippen LogP contribution < -0.4 is 11.5 Å². The molecule has 0 aromatic heterocycles. The molecule has 6 heteroatoms. The maximum atomic E-state index is 11.8. The minimum absolute atomic E-state index is 0.270. The van der Waals surface area contributed by atoms with Crippen LogP contribution in [-0.4, -0.2) is 11.7 Å². The van der Waals surface area contributed by atoms with Crippen molar-refractivity contribution in [2.45, 2.75) is 10.4 Å². The maximum Gasteiger partial charge on any atom is 0.243 e. The van der Waals surface area contributed by atoms with E-state index in [-0.39, 0.29) is 5.75 Å². The van der Waals surface area contributed by atoms with Crippen LogP contribution in [0, 0.1) is 0 Å². The predicted octanol–water partition coefficient (Wildman–Crippen LogP) is 3.43. The number of thioether (sulfide) groups is 1. The minimum Gasteiger partial charge on any atom is -0.368 e. The fourth-order valence-electron chi connectivity index (χ4n) is 1.81. The number of carbonyl (C=O) groups excluding carboxylic acids is 1. The van der Waals surface area contributed by atoms with E-state index in [2.05, 4.69) is 0 Å². The third-order valence-corrected chi connectivity index (χ3v) is 5.00. The highest BCUT2D eigenvalue weighted by Crippen LogP contribution is 2.33. The molecule has 0 spiro atoms. The van der Waals surface area contributed by atoms with Gasteiger partial charge < -0.3 is 11.5 Å². The van der Waals surface area contributed by atoms with Gasteiger partial charge >= 0.3 is 0 Å². The van der Waals surface area contributed by atoms with E-state index in [0.29, 0.717) is 15.6 Å². The molecule has 110 valence electrons. The van der Waals surface area contributed by atoms with Gasteiger partial charge in [-0.25, -0.2) is 0 Å². The Balaban J connectivity index is 2.26. The second kappa shape index (κ2) is 6.71. The number of nitrogens with two attached hydrogens (primary N) is 2. The van der Waals surface area contributed by atoms with E-state index in [1.807, 2.05) is 18.2 Å². The highest BCUT2D eigenvalue weighted by molar-refractivity contribution is 7.99. The van der Waals surface area contributed by atoms with Gasteiger partial charge in [-0.2, -0.15) is 0 Å². The molecule has 0 aliphatic heterocycles. The fourth-order valence-corrected chi connectivity index (χ4v) is 3.44. The Morgan fingerprint density at radius 1 is 1.14 bits per heavy atom. The van der Waals surface area contributed by atoms with E-state index in [1.165, 1.54) is 11.8 Å². The highest BCUT2D eigenvalue weighted by Gasteiger charge is 2.34. The number of amides is 1. The summed E-state index contributed by atoms with van der Waals surface area (Å²) in [5.41, 5.74) is 11.1. The predicted molar refractivity (Wildman–Crippen MR) is 88.7 cm³/mol.